The molecule has 0 aliphatic carbocycles. The molecule has 1 atom stereocenters. The molecule has 1 amide bonds. The first-order valence-electron chi connectivity index (χ1n) is 5.40. The van der Waals surface area contributed by atoms with Crippen LogP contribution >= 0.6 is 0 Å². The van der Waals surface area contributed by atoms with Gasteiger partial charge >= 0.3 is 5.97 Å². The number of hydrogen-bond acceptors (Lipinski definition) is 4. The Kier molecular flexibility index (Phi) is 4.62. The van der Waals surface area contributed by atoms with Crippen LogP contribution in [0.2, 0.25) is 0 Å². The van der Waals surface area contributed by atoms with Crippen molar-refractivity contribution >= 4 is 11.9 Å². The Morgan fingerprint density at radius 3 is 2.71 bits per heavy atom. The fourth-order valence-corrected chi connectivity index (χ4v) is 1.64. The molecular weight excluding hydrogens is 224 g/mol. The van der Waals surface area contributed by atoms with Gasteiger partial charge in [0.15, 0.2) is 0 Å². The number of aromatic nitrogens is 3. The topological polar surface area (TPSA) is 88.3 Å². The van der Waals surface area contributed by atoms with Crippen LogP contribution in [0.15, 0.2) is 12.4 Å². The van der Waals surface area contributed by atoms with Gasteiger partial charge in [-0.15, -0.1) is 5.10 Å². The molecule has 7 nitrogen and oxygen atoms in total. The number of amides is 1. The lowest BCUT2D eigenvalue weighted by molar-refractivity contribution is -0.140. The molecule has 1 N–H and O–H groups in total. The Morgan fingerprint density at radius 1 is 1.53 bits per heavy atom. The van der Waals surface area contributed by atoms with Crippen molar-refractivity contribution in [1.82, 2.24) is 19.9 Å². The van der Waals surface area contributed by atoms with Crippen molar-refractivity contribution in [3.8, 4) is 0 Å². The second kappa shape index (κ2) is 5.97. The van der Waals surface area contributed by atoms with Crippen molar-refractivity contribution in [1.29, 1.82) is 0 Å². The third kappa shape index (κ3) is 3.86. The zero-order valence-corrected chi connectivity index (χ0v) is 9.91. The van der Waals surface area contributed by atoms with Crippen molar-refractivity contribution in [3.63, 3.8) is 0 Å². The second-order valence-electron chi connectivity index (χ2n) is 3.73. The van der Waals surface area contributed by atoms with E-state index in [-0.39, 0.29) is 24.9 Å². The minimum Gasteiger partial charge on any atom is -0.481 e. The average molecular weight is 240 g/mol. The summed E-state index contributed by atoms with van der Waals surface area (Å²) in [6, 6.07) is -0.325. The van der Waals surface area contributed by atoms with Crippen LogP contribution < -0.4 is 0 Å². The van der Waals surface area contributed by atoms with Gasteiger partial charge in [0.25, 0.3) is 0 Å². The predicted octanol–water partition coefficient (Wildman–Crippen LogP) is -0.0102. The number of carbonyl (C=O) groups excluding carboxylic acids is 1. The maximum absolute atomic E-state index is 11.9. The fourth-order valence-electron chi connectivity index (χ4n) is 1.64. The molecule has 7 heteroatoms. The third-order valence-electron chi connectivity index (χ3n) is 2.43. The first-order valence-corrected chi connectivity index (χ1v) is 5.40. The fraction of sp³-hybridized carbons (Fsp3) is 0.600. The maximum atomic E-state index is 11.9. The molecule has 1 aromatic heterocycles. The molecular formula is C10H16N4O3. The molecule has 1 aromatic rings. The number of rotatable bonds is 6. The number of carboxylic acids is 1. The van der Waals surface area contributed by atoms with E-state index in [9.17, 15) is 9.59 Å². The Bertz CT molecular complexity index is 377. The van der Waals surface area contributed by atoms with Crippen molar-refractivity contribution in [3.05, 3.63) is 12.4 Å². The lowest BCUT2D eigenvalue weighted by atomic mass is 10.2. The van der Waals surface area contributed by atoms with Crippen LogP contribution in [0.1, 0.15) is 20.3 Å². The van der Waals surface area contributed by atoms with E-state index in [1.54, 1.807) is 13.1 Å². The lowest BCUT2D eigenvalue weighted by Crippen LogP contribution is -2.41. The quantitative estimate of drug-likeness (QED) is 0.755. The Labute approximate surface area is 99.0 Å². The minimum absolute atomic E-state index is 0.0586. The standard InChI is InChI=1S/C10H16N4O3/c1-3-14(8(2)6-10(16)17)9(15)7-13-5-4-11-12-13/h4-5,8H,3,6-7H2,1-2H3,(H,16,17). The molecule has 0 fully saturated rings. The molecule has 0 aliphatic heterocycles. The summed E-state index contributed by atoms with van der Waals surface area (Å²) < 4.78 is 1.42. The molecule has 1 rings (SSSR count). The highest BCUT2D eigenvalue weighted by Crippen LogP contribution is 2.05. The van der Waals surface area contributed by atoms with Gasteiger partial charge in [-0.1, -0.05) is 5.21 Å². The van der Waals surface area contributed by atoms with Crippen molar-refractivity contribution in [2.45, 2.75) is 32.9 Å². The van der Waals surface area contributed by atoms with Gasteiger partial charge in [0.05, 0.1) is 12.6 Å². The smallest absolute Gasteiger partial charge is 0.305 e. The van der Waals surface area contributed by atoms with Crippen LogP contribution in [0.4, 0.5) is 0 Å². The van der Waals surface area contributed by atoms with Gasteiger partial charge in [-0.2, -0.15) is 0 Å². The van der Waals surface area contributed by atoms with E-state index >= 15 is 0 Å². The van der Waals surface area contributed by atoms with E-state index in [1.807, 2.05) is 6.92 Å². The van der Waals surface area contributed by atoms with Crippen LogP contribution in [0.5, 0.6) is 0 Å². The lowest BCUT2D eigenvalue weighted by Gasteiger charge is -2.26. The molecule has 0 radical (unpaired) electrons. The van der Waals surface area contributed by atoms with Gasteiger partial charge in [0.1, 0.15) is 6.54 Å². The van der Waals surface area contributed by atoms with Crippen molar-refractivity contribution in [2.75, 3.05) is 6.54 Å². The van der Waals surface area contributed by atoms with E-state index in [1.165, 1.54) is 15.8 Å². The highest BCUT2D eigenvalue weighted by Gasteiger charge is 2.20. The molecule has 0 aliphatic rings. The summed E-state index contributed by atoms with van der Waals surface area (Å²) in [5, 5.41) is 16.0. The van der Waals surface area contributed by atoms with Crippen LogP contribution in [0, 0.1) is 0 Å². The average Bonchev–Trinajstić information content (AvgIpc) is 2.70. The minimum atomic E-state index is -0.912. The van der Waals surface area contributed by atoms with Gasteiger partial charge in [-0.05, 0) is 13.8 Å². The molecule has 0 saturated heterocycles. The summed E-state index contributed by atoms with van der Waals surface area (Å²) in [6.07, 6.45) is 3.02. The van der Waals surface area contributed by atoms with Crippen LogP contribution in [-0.4, -0.2) is 49.5 Å². The summed E-state index contributed by atoms with van der Waals surface area (Å²) >= 11 is 0. The van der Waals surface area contributed by atoms with Crippen LogP contribution in [0.25, 0.3) is 0 Å². The predicted molar refractivity (Wildman–Crippen MR) is 59.1 cm³/mol. The first kappa shape index (κ1) is 13.1. The number of likely N-dealkylation sites (N-methyl/N-ethyl adjacent to an activating group) is 1. The number of nitrogens with zero attached hydrogens (tertiary/aromatic N) is 4. The van der Waals surface area contributed by atoms with Crippen LogP contribution in [0.3, 0.4) is 0 Å². The Hall–Kier alpha value is -1.92. The Morgan fingerprint density at radius 2 is 2.24 bits per heavy atom. The van der Waals surface area contributed by atoms with Gasteiger partial charge < -0.3 is 10.0 Å². The van der Waals surface area contributed by atoms with Crippen LogP contribution in [-0.2, 0) is 16.1 Å². The summed E-state index contributed by atoms with van der Waals surface area (Å²) in [4.78, 5) is 24.0. The highest BCUT2D eigenvalue weighted by atomic mass is 16.4. The van der Waals surface area contributed by atoms with E-state index in [0.29, 0.717) is 6.54 Å². The van der Waals surface area contributed by atoms with Crippen molar-refractivity contribution in [2.24, 2.45) is 0 Å². The number of carbonyl (C=O) groups is 2. The molecule has 0 aromatic carbocycles. The molecule has 1 unspecified atom stereocenters. The number of aliphatic carboxylic acids is 1. The van der Waals surface area contributed by atoms with Gasteiger partial charge in [-0.3, -0.25) is 9.59 Å². The summed E-state index contributed by atoms with van der Waals surface area (Å²) in [5.41, 5.74) is 0. The van der Waals surface area contributed by atoms with Crippen molar-refractivity contribution < 1.29 is 14.7 Å². The zero-order valence-electron chi connectivity index (χ0n) is 9.91. The molecule has 94 valence electrons. The van der Waals surface area contributed by atoms with E-state index < -0.39 is 5.97 Å². The van der Waals surface area contributed by atoms with E-state index in [2.05, 4.69) is 10.3 Å². The van der Waals surface area contributed by atoms with Gasteiger partial charge in [-0.25, -0.2) is 4.68 Å². The molecule has 0 saturated carbocycles. The molecule has 0 bridgehead atoms. The largest absolute Gasteiger partial charge is 0.481 e. The molecule has 1 heterocycles. The first-order chi connectivity index (χ1) is 8.04. The van der Waals surface area contributed by atoms with Gasteiger partial charge in [0, 0.05) is 18.8 Å². The maximum Gasteiger partial charge on any atom is 0.305 e. The Balaban J connectivity index is 2.60. The zero-order chi connectivity index (χ0) is 12.8. The normalized spacial score (nSPS) is 12.1. The van der Waals surface area contributed by atoms with E-state index in [0.717, 1.165) is 0 Å². The summed E-state index contributed by atoms with van der Waals surface area (Å²) in [5.74, 6) is -1.07. The number of hydrogen-bond donors (Lipinski definition) is 1. The SMILES string of the molecule is CCN(C(=O)Cn1ccnn1)C(C)CC(=O)O. The highest BCUT2D eigenvalue weighted by molar-refractivity contribution is 5.77. The number of carboxylic acid groups (broad SMARTS) is 1. The molecule has 17 heavy (non-hydrogen) atoms. The summed E-state index contributed by atoms with van der Waals surface area (Å²) in [7, 11) is 0. The molecule has 0 spiro atoms. The van der Waals surface area contributed by atoms with E-state index in [4.69, 9.17) is 5.11 Å². The second-order valence-corrected chi connectivity index (χ2v) is 3.73. The summed E-state index contributed by atoms with van der Waals surface area (Å²) in [6.45, 7) is 4.09. The van der Waals surface area contributed by atoms with Gasteiger partial charge in [0.2, 0.25) is 5.91 Å². The monoisotopic (exact) mass is 240 g/mol. The third-order valence-corrected chi connectivity index (χ3v) is 2.43.